The summed E-state index contributed by atoms with van der Waals surface area (Å²) in [7, 11) is 0. The van der Waals surface area contributed by atoms with Crippen molar-refractivity contribution in [3.8, 4) is 0 Å². The first-order valence-corrected chi connectivity index (χ1v) is 8.47. The standard InChI is InChI=1S/C16H15Cl2FN2O5/c17-9-2-1-8(10(18)3-9)6-25-7-13-12(22)4-14(26-13)21-5-11(19)15(23)20-16(21)24/h1-3,5,12-14,22H,4,6-7H2,(H,20,23,24)/t12?,13-,14-/m0/s1. The summed E-state index contributed by atoms with van der Waals surface area (Å²) in [5.41, 5.74) is -1.20. The predicted octanol–water partition coefficient (Wildman–Crippen LogP) is 1.85. The highest BCUT2D eigenvalue weighted by molar-refractivity contribution is 6.35. The first-order valence-electron chi connectivity index (χ1n) is 7.71. The van der Waals surface area contributed by atoms with Crippen LogP contribution in [-0.2, 0) is 16.1 Å². The molecule has 0 bridgehead atoms. The van der Waals surface area contributed by atoms with Crippen molar-refractivity contribution >= 4 is 23.2 Å². The maximum Gasteiger partial charge on any atom is 0.330 e. The second-order valence-corrected chi connectivity index (χ2v) is 6.67. The molecule has 1 aromatic carbocycles. The SMILES string of the molecule is O=c1[nH]c(=O)n([C@@H]2CC(O)[C@H](COCc3ccc(Cl)cc3Cl)O2)cc1F. The number of hydrogen-bond donors (Lipinski definition) is 2. The van der Waals surface area contributed by atoms with Crippen LogP contribution in [0, 0.1) is 5.82 Å². The Morgan fingerprint density at radius 3 is 2.88 bits per heavy atom. The molecule has 0 spiro atoms. The summed E-state index contributed by atoms with van der Waals surface area (Å²) in [5.74, 6) is -1.11. The van der Waals surface area contributed by atoms with E-state index >= 15 is 0 Å². The number of hydrogen-bond acceptors (Lipinski definition) is 5. The maximum absolute atomic E-state index is 13.4. The van der Waals surface area contributed by atoms with E-state index in [0.717, 1.165) is 16.3 Å². The third-order valence-corrected chi connectivity index (χ3v) is 4.58. The zero-order valence-corrected chi connectivity index (χ0v) is 14.8. The molecular formula is C16H15Cl2FN2O5. The van der Waals surface area contributed by atoms with E-state index < -0.39 is 35.5 Å². The Morgan fingerprint density at radius 1 is 1.38 bits per heavy atom. The van der Waals surface area contributed by atoms with Gasteiger partial charge in [-0.2, -0.15) is 4.39 Å². The van der Waals surface area contributed by atoms with Gasteiger partial charge in [0.05, 0.1) is 25.5 Å². The summed E-state index contributed by atoms with van der Waals surface area (Å²) in [4.78, 5) is 24.7. The lowest BCUT2D eigenvalue weighted by Crippen LogP contribution is -2.34. The van der Waals surface area contributed by atoms with Crippen LogP contribution in [0.2, 0.25) is 10.0 Å². The van der Waals surface area contributed by atoms with Crippen molar-refractivity contribution in [1.82, 2.24) is 9.55 Å². The number of benzene rings is 1. The minimum Gasteiger partial charge on any atom is -0.390 e. The van der Waals surface area contributed by atoms with Gasteiger partial charge < -0.3 is 14.6 Å². The van der Waals surface area contributed by atoms with E-state index in [-0.39, 0.29) is 19.6 Å². The van der Waals surface area contributed by atoms with Gasteiger partial charge >= 0.3 is 5.69 Å². The van der Waals surface area contributed by atoms with Gasteiger partial charge in [0.25, 0.3) is 5.56 Å². The molecule has 0 radical (unpaired) electrons. The van der Waals surface area contributed by atoms with Crippen LogP contribution in [0.3, 0.4) is 0 Å². The van der Waals surface area contributed by atoms with Gasteiger partial charge in [-0.25, -0.2) is 4.79 Å². The van der Waals surface area contributed by atoms with Crippen LogP contribution in [0.4, 0.5) is 4.39 Å². The third-order valence-electron chi connectivity index (χ3n) is 3.99. The van der Waals surface area contributed by atoms with Crippen LogP contribution in [0.1, 0.15) is 18.2 Å². The molecule has 1 aliphatic heterocycles. The van der Waals surface area contributed by atoms with Gasteiger partial charge in [0.1, 0.15) is 12.3 Å². The molecule has 0 aliphatic carbocycles. The van der Waals surface area contributed by atoms with Crippen LogP contribution in [0.15, 0.2) is 34.0 Å². The zero-order valence-electron chi connectivity index (χ0n) is 13.3. The Morgan fingerprint density at radius 2 is 2.15 bits per heavy atom. The average molecular weight is 405 g/mol. The van der Waals surface area contributed by atoms with Gasteiger partial charge in [-0.05, 0) is 17.7 Å². The molecular weight excluding hydrogens is 390 g/mol. The van der Waals surface area contributed by atoms with Crippen LogP contribution >= 0.6 is 23.2 Å². The summed E-state index contributed by atoms with van der Waals surface area (Å²) in [6.45, 7) is 0.220. The highest BCUT2D eigenvalue weighted by atomic mass is 35.5. The van der Waals surface area contributed by atoms with Crippen LogP contribution < -0.4 is 11.2 Å². The fourth-order valence-electron chi connectivity index (χ4n) is 2.63. The molecule has 1 aliphatic rings. The van der Waals surface area contributed by atoms with Crippen molar-refractivity contribution in [2.45, 2.75) is 31.5 Å². The number of rotatable bonds is 5. The molecule has 3 atom stereocenters. The minimum absolute atomic E-state index is 0.0389. The second kappa shape index (κ2) is 7.89. The molecule has 1 fully saturated rings. The van der Waals surface area contributed by atoms with Gasteiger partial charge in [0, 0.05) is 16.5 Å². The molecule has 2 N–H and O–H groups in total. The molecule has 0 amide bonds. The lowest BCUT2D eigenvalue weighted by Gasteiger charge is -2.16. The average Bonchev–Trinajstić information content (AvgIpc) is 2.94. The zero-order chi connectivity index (χ0) is 18.8. The fourth-order valence-corrected chi connectivity index (χ4v) is 3.10. The van der Waals surface area contributed by atoms with Crippen LogP contribution in [0.5, 0.6) is 0 Å². The number of aliphatic hydroxyl groups excluding tert-OH is 1. The number of aromatic nitrogens is 2. The Kier molecular flexibility index (Phi) is 5.79. The first kappa shape index (κ1) is 19.1. The highest BCUT2D eigenvalue weighted by Gasteiger charge is 2.35. The van der Waals surface area contributed by atoms with Crippen molar-refractivity contribution in [1.29, 1.82) is 0 Å². The molecule has 10 heteroatoms. The molecule has 1 aromatic heterocycles. The van der Waals surface area contributed by atoms with Crippen LogP contribution in [0.25, 0.3) is 0 Å². The molecule has 2 aromatic rings. The molecule has 1 saturated heterocycles. The number of nitrogens with one attached hydrogen (secondary N) is 1. The second-order valence-electron chi connectivity index (χ2n) is 5.83. The van der Waals surface area contributed by atoms with Crippen molar-refractivity contribution in [2.75, 3.05) is 6.61 Å². The van der Waals surface area contributed by atoms with E-state index in [1.54, 1.807) is 18.2 Å². The van der Waals surface area contributed by atoms with Crippen molar-refractivity contribution in [3.05, 3.63) is 66.7 Å². The fraction of sp³-hybridized carbons (Fsp3) is 0.375. The van der Waals surface area contributed by atoms with Gasteiger partial charge in [-0.15, -0.1) is 0 Å². The quantitative estimate of drug-likeness (QED) is 0.792. The largest absolute Gasteiger partial charge is 0.390 e. The van der Waals surface area contributed by atoms with Gasteiger partial charge in [-0.1, -0.05) is 29.3 Å². The number of nitrogens with zero attached hydrogens (tertiary/aromatic N) is 1. The monoisotopic (exact) mass is 404 g/mol. The van der Waals surface area contributed by atoms with Gasteiger partial charge in [0.15, 0.2) is 0 Å². The van der Waals surface area contributed by atoms with Gasteiger partial charge in [0.2, 0.25) is 5.82 Å². The van der Waals surface area contributed by atoms with Crippen molar-refractivity contribution < 1.29 is 19.0 Å². The lowest BCUT2D eigenvalue weighted by molar-refractivity contribution is -0.0669. The first-order chi connectivity index (χ1) is 12.3. The van der Waals surface area contributed by atoms with E-state index in [2.05, 4.69) is 0 Å². The molecule has 140 valence electrons. The summed E-state index contributed by atoms with van der Waals surface area (Å²) in [5, 5.41) is 11.1. The number of ether oxygens (including phenoxy) is 2. The summed E-state index contributed by atoms with van der Waals surface area (Å²) < 4.78 is 25.4. The Balaban J connectivity index is 1.61. The highest BCUT2D eigenvalue weighted by Crippen LogP contribution is 2.28. The molecule has 3 rings (SSSR count). The molecule has 26 heavy (non-hydrogen) atoms. The predicted molar refractivity (Wildman–Crippen MR) is 91.9 cm³/mol. The molecule has 2 heterocycles. The topological polar surface area (TPSA) is 93.6 Å². The smallest absolute Gasteiger partial charge is 0.330 e. The van der Waals surface area contributed by atoms with E-state index in [1.807, 2.05) is 4.98 Å². The summed E-state index contributed by atoms with van der Waals surface area (Å²) in [6.07, 6.45) is -1.72. The molecule has 1 unspecified atom stereocenters. The van der Waals surface area contributed by atoms with Crippen molar-refractivity contribution in [3.63, 3.8) is 0 Å². The van der Waals surface area contributed by atoms with E-state index in [9.17, 15) is 19.1 Å². The number of halogens is 3. The lowest BCUT2D eigenvalue weighted by atomic mass is 10.2. The van der Waals surface area contributed by atoms with E-state index in [4.69, 9.17) is 32.7 Å². The maximum atomic E-state index is 13.4. The minimum atomic E-state index is -1.11. The Bertz CT molecular complexity index is 916. The summed E-state index contributed by atoms with van der Waals surface area (Å²) in [6, 6.07) is 5.00. The van der Waals surface area contributed by atoms with Crippen molar-refractivity contribution in [2.24, 2.45) is 0 Å². The number of aliphatic hydroxyl groups is 1. The van der Waals surface area contributed by atoms with Crippen LogP contribution in [-0.4, -0.2) is 33.5 Å². The normalized spacial score (nSPS) is 22.7. The third kappa shape index (κ3) is 4.16. The van der Waals surface area contributed by atoms with Gasteiger partial charge in [-0.3, -0.25) is 14.3 Å². The Labute approximate surface area is 156 Å². The number of H-pyrrole nitrogens is 1. The molecule has 0 saturated carbocycles. The molecule has 7 nitrogen and oxygen atoms in total. The summed E-state index contributed by atoms with van der Waals surface area (Å²) >= 11 is 11.9. The Hall–Kier alpha value is -1.71. The van der Waals surface area contributed by atoms with E-state index in [0.29, 0.717) is 10.0 Å². The number of aromatic amines is 1. The van der Waals surface area contributed by atoms with E-state index in [1.165, 1.54) is 0 Å².